The molecular formula is C11H11BrN6O3. The molecule has 1 aromatic carbocycles. The Balaban J connectivity index is 2.47. The number of nitrogens with zero attached hydrogens (tertiary/aromatic N) is 3. The Morgan fingerprint density at radius 2 is 2.10 bits per heavy atom. The number of hydrogen-bond donors (Lipinski definition) is 3. The Morgan fingerprint density at radius 3 is 2.71 bits per heavy atom. The second-order valence-corrected chi connectivity index (χ2v) is 4.65. The number of nitrogen functional groups attached to an aromatic ring is 1. The normalized spacial score (nSPS) is 10.0. The van der Waals surface area contributed by atoms with Crippen LogP contribution >= 0.6 is 15.9 Å². The van der Waals surface area contributed by atoms with Crippen LogP contribution in [0.1, 0.15) is 0 Å². The van der Waals surface area contributed by atoms with Crippen molar-refractivity contribution in [3.8, 4) is 5.75 Å². The van der Waals surface area contributed by atoms with E-state index in [-0.39, 0.29) is 17.3 Å². The number of halogens is 1. The van der Waals surface area contributed by atoms with E-state index in [1.54, 1.807) is 18.2 Å². The molecule has 0 saturated heterocycles. The van der Waals surface area contributed by atoms with Crippen molar-refractivity contribution < 1.29 is 9.66 Å². The Kier molecular flexibility index (Phi) is 4.50. The van der Waals surface area contributed by atoms with Gasteiger partial charge in [0.05, 0.1) is 17.7 Å². The smallest absolute Gasteiger partial charge is 0.354 e. The van der Waals surface area contributed by atoms with Gasteiger partial charge in [-0.15, -0.1) is 0 Å². The standard InChI is InChI=1S/C11H11BrN6O3/c1-21-6-2-3-7(12)8(4-6)16-10-9(18(19)20)11(17-13)15-5-14-10/h2-5H,13H2,1H3,(H2,14,15,16,17). The molecule has 0 atom stereocenters. The zero-order chi connectivity index (χ0) is 15.4. The van der Waals surface area contributed by atoms with Crippen LogP contribution in [0.15, 0.2) is 29.0 Å². The van der Waals surface area contributed by atoms with Crippen molar-refractivity contribution in [2.24, 2.45) is 5.84 Å². The van der Waals surface area contributed by atoms with Crippen LogP contribution in [0.25, 0.3) is 0 Å². The lowest BCUT2D eigenvalue weighted by Crippen LogP contribution is -2.12. The van der Waals surface area contributed by atoms with Crippen LogP contribution in [-0.4, -0.2) is 22.0 Å². The molecule has 1 heterocycles. The lowest BCUT2D eigenvalue weighted by Gasteiger charge is -2.10. The van der Waals surface area contributed by atoms with Crippen molar-refractivity contribution >= 4 is 38.9 Å². The topological polar surface area (TPSA) is 128 Å². The first-order valence-electron chi connectivity index (χ1n) is 5.63. The summed E-state index contributed by atoms with van der Waals surface area (Å²) < 4.78 is 5.80. The molecule has 21 heavy (non-hydrogen) atoms. The van der Waals surface area contributed by atoms with Gasteiger partial charge in [-0.3, -0.25) is 10.1 Å². The van der Waals surface area contributed by atoms with Gasteiger partial charge in [0.1, 0.15) is 12.1 Å². The van der Waals surface area contributed by atoms with E-state index in [0.29, 0.717) is 15.9 Å². The molecule has 2 rings (SSSR count). The molecule has 0 spiro atoms. The molecule has 0 unspecified atom stereocenters. The first-order valence-corrected chi connectivity index (χ1v) is 6.42. The van der Waals surface area contributed by atoms with Crippen LogP contribution in [0.5, 0.6) is 5.75 Å². The molecule has 0 saturated carbocycles. The van der Waals surface area contributed by atoms with E-state index in [4.69, 9.17) is 10.6 Å². The fraction of sp³-hybridized carbons (Fsp3) is 0.0909. The van der Waals surface area contributed by atoms with Gasteiger partial charge >= 0.3 is 5.69 Å². The van der Waals surface area contributed by atoms with Crippen LogP contribution in [-0.2, 0) is 0 Å². The molecule has 2 aromatic rings. The van der Waals surface area contributed by atoms with Crippen LogP contribution in [0.3, 0.4) is 0 Å². The minimum atomic E-state index is -0.619. The molecule has 0 aliphatic heterocycles. The number of aromatic nitrogens is 2. The summed E-state index contributed by atoms with van der Waals surface area (Å²) in [7, 11) is 1.52. The molecule has 110 valence electrons. The van der Waals surface area contributed by atoms with Crippen molar-refractivity contribution in [1.82, 2.24) is 9.97 Å². The lowest BCUT2D eigenvalue weighted by atomic mass is 10.3. The first kappa shape index (κ1) is 14.9. The Labute approximate surface area is 127 Å². The summed E-state index contributed by atoms with van der Waals surface area (Å²) in [4.78, 5) is 18.1. The summed E-state index contributed by atoms with van der Waals surface area (Å²) in [5.74, 6) is 5.74. The van der Waals surface area contributed by atoms with Crippen LogP contribution in [0.4, 0.5) is 23.0 Å². The number of ether oxygens (including phenoxy) is 1. The van der Waals surface area contributed by atoms with Gasteiger partial charge in [0, 0.05) is 10.5 Å². The van der Waals surface area contributed by atoms with Gasteiger partial charge < -0.3 is 15.5 Å². The number of methoxy groups -OCH3 is 1. The van der Waals surface area contributed by atoms with Gasteiger partial charge in [-0.1, -0.05) is 0 Å². The number of hydrazine groups is 1. The summed E-state index contributed by atoms with van der Waals surface area (Å²) in [5.41, 5.74) is 2.37. The zero-order valence-corrected chi connectivity index (χ0v) is 12.4. The number of nitrogens with two attached hydrogens (primary N) is 1. The molecule has 0 aliphatic rings. The molecule has 0 bridgehead atoms. The molecule has 10 heteroatoms. The van der Waals surface area contributed by atoms with Crippen LogP contribution in [0, 0.1) is 10.1 Å². The van der Waals surface area contributed by atoms with Crippen molar-refractivity contribution in [1.29, 1.82) is 0 Å². The molecular weight excluding hydrogens is 344 g/mol. The molecule has 4 N–H and O–H groups in total. The van der Waals surface area contributed by atoms with E-state index in [0.717, 1.165) is 0 Å². The quantitative estimate of drug-likeness (QED) is 0.423. The van der Waals surface area contributed by atoms with Crippen molar-refractivity contribution in [3.05, 3.63) is 39.1 Å². The average Bonchev–Trinajstić information content (AvgIpc) is 2.48. The van der Waals surface area contributed by atoms with Gasteiger partial charge in [0.2, 0.25) is 11.6 Å². The summed E-state index contributed by atoms with van der Waals surface area (Å²) in [5, 5.41) is 14.0. The highest BCUT2D eigenvalue weighted by Gasteiger charge is 2.23. The third-order valence-electron chi connectivity index (χ3n) is 2.57. The molecule has 1 aromatic heterocycles. The van der Waals surface area contributed by atoms with Gasteiger partial charge in [-0.05, 0) is 28.1 Å². The SMILES string of the molecule is COc1ccc(Br)c(Nc2ncnc(NN)c2[N+](=O)[O-])c1. The van der Waals surface area contributed by atoms with Gasteiger partial charge in [-0.2, -0.15) is 0 Å². The lowest BCUT2D eigenvalue weighted by molar-refractivity contribution is -0.383. The highest BCUT2D eigenvalue weighted by Crippen LogP contribution is 2.34. The van der Waals surface area contributed by atoms with Crippen molar-refractivity contribution in [2.45, 2.75) is 0 Å². The second-order valence-electron chi connectivity index (χ2n) is 3.79. The maximum absolute atomic E-state index is 11.2. The number of rotatable bonds is 5. The molecule has 0 aliphatic carbocycles. The van der Waals surface area contributed by atoms with E-state index in [1.165, 1.54) is 13.4 Å². The summed E-state index contributed by atoms with van der Waals surface area (Å²) in [6.07, 6.45) is 1.17. The second kappa shape index (κ2) is 6.33. The van der Waals surface area contributed by atoms with Gasteiger partial charge in [-0.25, -0.2) is 15.8 Å². The van der Waals surface area contributed by atoms with E-state index >= 15 is 0 Å². The van der Waals surface area contributed by atoms with Crippen molar-refractivity contribution in [3.63, 3.8) is 0 Å². The van der Waals surface area contributed by atoms with Gasteiger partial charge in [0.25, 0.3) is 0 Å². The van der Waals surface area contributed by atoms with E-state index in [1.807, 2.05) is 0 Å². The molecule has 0 radical (unpaired) electrons. The maximum atomic E-state index is 11.2. The Hall–Kier alpha value is -2.46. The Morgan fingerprint density at radius 1 is 1.38 bits per heavy atom. The number of nitrogens with one attached hydrogen (secondary N) is 2. The van der Waals surface area contributed by atoms with Crippen LogP contribution in [0.2, 0.25) is 0 Å². The number of anilines is 3. The third kappa shape index (κ3) is 3.17. The Bertz CT molecular complexity index is 681. The molecule has 9 nitrogen and oxygen atoms in total. The minimum Gasteiger partial charge on any atom is -0.497 e. The minimum absolute atomic E-state index is 0.0110. The summed E-state index contributed by atoms with van der Waals surface area (Å²) in [6, 6.07) is 5.16. The third-order valence-corrected chi connectivity index (χ3v) is 3.26. The average molecular weight is 355 g/mol. The van der Waals surface area contributed by atoms with Crippen LogP contribution < -0.4 is 21.3 Å². The van der Waals surface area contributed by atoms with E-state index < -0.39 is 4.92 Å². The molecule has 0 fully saturated rings. The maximum Gasteiger partial charge on any atom is 0.354 e. The predicted octanol–water partition coefficient (Wildman–Crippen LogP) is 2.19. The highest BCUT2D eigenvalue weighted by atomic mass is 79.9. The summed E-state index contributed by atoms with van der Waals surface area (Å²) in [6.45, 7) is 0. The fourth-order valence-electron chi connectivity index (χ4n) is 1.60. The van der Waals surface area contributed by atoms with E-state index in [2.05, 4.69) is 36.6 Å². The zero-order valence-electron chi connectivity index (χ0n) is 10.8. The largest absolute Gasteiger partial charge is 0.497 e. The predicted molar refractivity (Wildman–Crippen MR) is 80.5 cm³/mol. The van der Waals surface area contributed by atoms with Crippen molar-refractivity contribution in [2.75, 3.05) is 17.9 Å². The first-order chi connectivity index (χ1) is 10.1. The molecule has 0 amide bonds. The highest BCUT2D eigenvalue weighted by molar-refractivity contribution is 9.10. The fourth-order valence-corrected chi connectivity index (χ4v) is 1.95. The monoisotopic (exact) mass is 354 g/mol. The summed E-state index contributed by atoms with van der Waals surface area (Å²) >= 11 is 3.34. The number of nitro groups is 1. The number of hydrogen-bond acceptors (Lipinski definition) is 8. The number of benzene rings is 1. The van der Waals surface area contributed by atoms with E-state index in [9.17, 15) is 10.1 Å². The van der Waals surface area contributed by atoms with Gasteiger partial charge in [0.15, 0.2) is 0 Å².